The van der Waals surface area contributed by atoms with Gasteiger partial charge in [-0.15, -0.1) is 0 Å². The van der Waals surface area contributed by atoms with Crippen LogP contribution in [0.15, 0.2) is 78.9 Å². The Balaban J connectivity index is 0.00000115. The fourth-order valence-electron chi connectivity index (χ4n) is 5.27. The predicted octanol–water partition coefficient (Wildman–Crippen LogP) is 14.8. The fourth-order valence-corrected chi connectivity index (χ4v) is 5.40. The molecule has 0 amide bonds. The summed E-state index contributed by atoms with van der Waals surface area (Å²) in [5.41, 5.74) is 3.32. The Morgan fingerprint density at radius 2 is 1.31 bits per heavy atom. The number of hydrogen-bond donors (Lipinski definition) is 0. The van der Waals surface area contributed by atoms with E-state index in [1.807, 2.05) is 45.0 Å². The molecule has 0 radical (unpaired) electrons. The highest BCUT2D eigenvalue weighted by molar-refractivity contribution is 6.30. The molecule has 0 aliphatic heterocycles. The first-order valence-electron chi connectivity index (χ1n) is 17.4. The number of carbonyl (C=O) groups is 1. The lowest BCUT2D eigenvalue weighted by atomic mass is 9.75. The molecular formula is C42H59ClF4O. The second-order valence-corrected chi connectivity index (χ2v) is 13.5. The third kappa shape index (κ3) is 17.5. The van der Waals surface area contributed by atoms with Crippen molar-refractivity contribution < 1.29 is 22.4 Å². The minimum absolute atomic E-state index is 0.0189. The third-order valence-electron chi connectivity index (χ3n) is 7.58. The van der Waals surface area contributed by atoms with Gasteiger partial charge in [0.15, 0.2) is 0 Å². The predicted molar refractivity (Wildman–Crippen MR) is 199 cm³/mol. The zero-order chi connectivity index (χ0) is 36.9. The minimum atomic E-state index is -4.55. The van der Waals surface area contributed by atoms with Crippen molar-refractivity contribution in [2.75, 3.05) is 0 Å². The van der Waals surface area contributed by atoms with E-state index < -0.39 is 17.6 Å². The lowest BCUT2D eigenvalue weighted by Crippen LogP contribution is -2.16. The first-order chi connectivity index (χ1) is 22.6. The van der Waals surface area contributed by atoms with Gasteiger partial charge in [-0.25, -0.2) is 4.39 Å². The largest absolute Gasteiger partial charge is 0.416 e. The Bertz CT molecular complexity index is 1300. The Morgan fingerprint density at radius 1 is 0.792 bits per heavy atom. The van der Waals surface area contributed by atoms with E-state index in [0.29, 0.717) is 16.0 Å². The molecule has 0 aliphatic carbocycles. The number of carbonyl (C=O) groups excluding carboxylic acids is 1. The van der Waals surface area contributed by atoms with Crippen LogP contribution < -0.4 is 0 Å². The van der Waals surface area contributed by atoms with Crippen LogP contribution in [0.2, 0.25) is 5.02 Å². The fraction of sp³-hybridized carbons (Fsp3) is 0.500. The highest BCUT2D eigenvalue weighted by Gasteiger charge is 2.32. The molecule has 0 saturated heterocycles. The van der Waals surface area contributed by atoms with Crippen LogP contribution in [0, 0.1) is 11.2 Å². The Morgan fingerprint density at radius 3 is 1.75 bits per heavy atom. The van der Waals surface area contributed by atoms with Crippen molar-refractivity contribution in [2.24, 2.45) is 5.41 Å². The highest BCUT2D eigenvalue weighted by Crippen LogP contribution is 2.41. The second-order valence-electron chi connectivity index (χ2n) is 13.1. The molecule has 6 heteroatoms. The molecule has 0 saturated carbocycles. The molecule has 1 nitrogen and oxygen atoms in total. The van der Waals surface area contributed by atoms with Crippen molar-refractivity contribution in [3.63, 3.8) is 0 Å². The van der Waals surface area contributed by atoms with Gasteiger partial charge in [-0.3, -0.25) is 4.79 Å². The molecule has 3 aromatic rings. The molecule has 3 rings (SSSR count). The monoisotopic (exact) mass is 690 g/mol. The summed E-state index contributed by atoms with van der Waals surface area (Å²) in [6, 6.07) is 16.8. The van der Waals surface area contributed by atoms with Crippen LogP contribution in [0.4, 0.5) is 17.6 Å². The summed E-state index contributed by atoms with van der Waals surface area (Å²) in [6.45, 7) is 23.4. The van der Waals surface area contributed by atoms with E-state index >= 15 is 0 Å². The molecule has 0 spiro atoms. The molecular weight excluding hydrogens is 632 g/mol. The number of halogens is 5. The Hall–Kier alpha value is -2.92. The third-order valence-corrected chi connectivity index (χ3v) is 7.83. The van der Waals surface area contributed by atoms with E-state index in [-0.39, 0.29) is 23.8 Å². The number of hydrogen-bond acceptors (Lipinski definition) is 1. The molecule has 0 aromatic heterocycles. The van der Waals surface area contributed by atoms with Gasteiger partial charge in [0.1, 0.15) is 12.1 Å². The van der Waals surface area contributed by atoms with Crippen LogP contribution in [-0.4, -0.2) is 6.29 Å². The summed E-state index contributed by atoms with van der Waals surface area (Å²) < 4.78 is 54.4. The van der Waals surface area contributed by atoms with Crippen LogP contribution in [0.1, 0.15) is 152 Å². The summed E-state index contributed by atoms with van der Waals surface area (Å²) in [5, 5.41) is 0.542. The van der Waals surface area contributed by atoms with Gasteiger partial charge in [0.25, 0.3) is 0 Å². The molecule has 0 bridgehead atoms. The molecule has 2 unspecified atom stereocenters. The number of rotatable bonds is 12. The van der Waals surface area contributed by atoms with E-state index in [2.05, 4.69) is 48.1 Å². The first kappa shape index (κ1) is 45.1. The van der Waals surface area contributed by atoms with Crippen molar-refractivity contribution in [3.8, 4) is 0 Å². The average molecular weight is 691 g/mol. The summed E-state index contributed by atoms with van der Waals surface area (Å²) in [7, 11) is 0. The number of alkyl halides is 3. The summed E-state index contributed by atoms with van der Waals surface area (Å²) in [6.07, 6.45) is 4.10. The average Bonchev–Trinajstić information content (AvgIpc) is 3.04. The number of unbranched alkanes of at least 4 members (excludes halogenated alkanes) is 1. The summed E-state index contributed by atoms with van der Waals surface area (Å²) in [5.74, 6) is -1.04. The number of benzene rings is 3. The van der Waals surface area contributed by atoms with Crippen LogP contribution >= 0.6 is 11.6 Å². The first-order valence-corrected chi connectivity index (χ1v) is 17.8. The molecule has 48 heavy (non-hydrogen) atoms. The van der Waals surface area contributed by atoms with Crippen LogP contribution in [0.3, 0.4) is 0 Å². The van der Waals surface area contributed by atoms with Crippen molar-refractivity contribution in [2.45, 2.75) is 132 Å². The van der Waals surface area contributed by atoms with E-state index in [1.54, 1.807) is 24.3 Å². The van der Waals surface area contributed by atoms with Crippen LogP contribution in [-0.2, 0) is 12.6 Å². The van der Waals surface area contributed by atoms with Crippen molar-refractivity contribution in [1.29, 1.82) is 0 Å². The number of allylic oxidation sites excluding steroid dienone is 1. The topological polar surface area (TPSA) is 17.1 Å². The SMILES string of the molecule is C=C(CCC)CC(C)(C)C.CC.CCCC.CCCC(c1ccc(C=O)cc1)C(Cc1cc(C(F)(F)F)ccc1F)c1ccc(Cl)cc1. The van der Waals surface area contributed by atoms with E-state index in [4.69, 9.17) is 11.6 Å². The van der Waals surface area contributed by atoms with E-state index in [1.165, 1.54) is 37.7 Å². The second kappa shape index (κ2) is 23.4. The van der Waals surface area contributed by atoms with E-state index in [9.17, 15) is 22.4 Å². The van der Waals surface area contributed by atoms with Gasteiger partial charge in [-0.1, -0.05) is 148 Å². The standard InChI is InChI=1S/C26H23ClF4O.C10H20.C4H10.C2H6/c1-2-3-23(18-6-4-17(16-32)5-7-18)24(19-8-11-22(27)12-9-19)15-20-14-21(26(29,30)31)10-13-25(20)28;1-6-7-9(2)8-10(3,4)5;1-3-4-2;1-2/h4-14,16,23-24H,2-3,15H2,1H3;2,6-8H2,1,3-5H3;3-4H2,1-2H3;1-2H3. The lowest BCUT2D eigenvalue weighted by Gasteiger charge is -2.29. The van der Waals surface area contributed by atoms with Gasteiger partial charge >= 0.3 is 6.18 Å². The minimum Gasteiger partial charge on any atom is -0.298 e. The normalized spacial score (nSPS) is 12.2. The molecule has 0 N–H and O–H groups in total. The zero-order valence-corrected chi connectivity index (χ0v) is 31.5. The van der Waals surface area contributed by atoms with Gasteiger partial charge in [-0.2, -0.15) is 13.2 Å². The maximum atomic E-state index is 14.6. The van der Waals surface area contributed by atoms with Crippen molar-refractivity contribution in [3.05, 3.63) is 118 Å². The van der Waals surface area contributed by atoms with Crippen molar-refractivity contribution in [1.82, 2.24) is 0 Å². The molecule has 3 aromatic carbocycles. The van der Waals surface area contributed by atoms with Crippen LogP contribution in [0.25, 0.3) is 0 Å². The molecule has 0 heterocycles. The molecule has 2 atom stereocenters. The quantitative estimate of drug-likeness (QED) is 0.105. The summed E-state index contributed by atoms with van der Waals surface area (Å²) >= 11 is 6.05. The summed E-state index contributed by atoms with van der Waals surface area (Å²) in [4.78, 5) is 11.0. The maximum absolute atomic E-state index is 14.6. The van der Waals surface area contributed by atoms with Gasteiger partial charge in [0, 0.05) is 10.6 Å². The smallest absolute Gasteiger partial charge is 0.298 e. The van der Waals surface area contributed by atoms with Gasteiger partial charge in [-0.05, 0) is 90.0 Å². The molecule has 0 fully saturated rings. The maximum Gasteiger partial charge on any atom is 0.416 e. The van der Waals surface area contributed by atoms with Gasteiger partial charge in [0.2, 0.25) is 0 Å². The molecule has 0 aliphatic rings. The molecule has 268 valence electrons. The Labute approximate surface area is 294 Å². The van der Waals surface area contributed by atoms with Crippen LogP contribution in [0.5, 0.6) is 0 Å². The Kier molecular flexibility index (Phi) is 22.0. The van der Waals surface area contributed by atoms with Crippen molar-refractivity contribution >= 4 is 17.9 Å². The van der Waals surface area contributed by atoms with Gasteiger partial charge in [0.05, 0.1) is 5.56 Å². The van der Waals surface area contributed by atoms with Gasteiger partial charge < -0.3 is 0 Å². The zero-order valence-electron chi connectivity index (χ0n) is 30.7. The lowest BCUT2D eigenvalue weighted by molar-refractivity contribution is -0.137. The van der Waals surface area contributed by atoms with E-state index in [0.717, 1.165) is 48.5 Å². The highest BCUT2D eigenvalue weighted by atomic mass is 35.5. The number of aldehydes is 1.